The zero-order chi connectivity index (χ0) is 17.0. The number of methoxy groups -OCH3 is 3. The van der Waals surface area contributed by atoms with Crippen molar-refractivity contribution in [2.45, 2.75) is 44.4 Å². The molecule has 128 valence electrons. The molecule has 0 aromatic carbocycles. The van der Waals surface area contributed by atoms with Gasteiger partial charge in [-0.25, -0.2) is 4.79 Å². The number of ether oxygens (including phenoxy) is 3. The molecule has 0 N–H and O–H groups in total. The van der Waals surface area contributed by atoms with Gasteiger partial charge in [0.05, 0.1) is 12.8 Å². The SMILES string of the molecule is COC(=O)c1sc(C)cc1N(C=O)C1CCC(OC)(OC)CC1. The molecule has 1 aliphatic carbocycles. The van der Waals surface area contributed by atoms with Crippen molar-refractivity contribution in [3.8, 4) is 0 Å². The summed E-state index contributed by atoms with van der Waals surface area (Å²) < 4.78 is 15.8. The molecule has 1 fully saturated rings. The van der Waals surface area contributed by atoms with Crippen LogP contribution in [0, 0.1) is 6.92 Å². The van der Waals surface area contributed by atoms with Gasteiger partial charge in [0.25, 0.3) is 0 Å². The van der Waals surface area contributed by atoms with E-state index >= 15 is 0 Å². The van der Waals surface area contributed by atoms with Crippen molar-refractivity contribution < 1.29 is 23.8 Å². The van der Waals surface area contributed by atoms with Crippen molar-refractivity contribution in [2.24, 2.45) is 0 Å². The van der Waals surface area contributed by atoms with E-state index in [1.54, 1.807) is 19.1 Å². The molecule has 1 aromatic rings. The lowest BCUT2D eigenvalue weighted by Crippen LogP contribution is -2.45. The monoisotopic (exact) mass is 341 g/mol. The van der Waals surface area contributed by atoms with Gasteiger partial charge in [0, 0.05) is 38.0 Å². The van der Waals surface area contributed by atoms with E-state index < -0.39 is 11.8 Å². The predicted octanol–water partition coefficient (Wildman–Crippen LogP) is 2.74. The molecule has 1 aliphatic rings. The van der Waals surface area contributed by atoms with E-state index in [0.29, 0.717) is 23.4 Å². The molecule has 0 bridgehead atoms. The number of nitrogens with zero attached hydrogens (tertiary/aromatic N) is 1. The maximum Gasteiger partial charge on any atom is 0.350 e. The summed E-state index contributed by atoms with van der Waals surface area (Å²) in [5.41, 5.74) is 0.627. The van der Waals surface area contributed by atoms with Crippen molar-refractivity contribution >= 4 is 29.4 Å². The number of esters is 1. The van der Waals surface area contributed by atoms with Gasteiger partial charge in [-0.05, 0) is 25.8 Å². The van der Waals surface area contributed by atoms with Crippen LogP contribution in [0.3, 0.4) is 0 Å². The van der Waals surface area contributed by atoms with E-state index in [2.05, 4.69) is 0 Å². The third kappa shape index (κ3) is 3.57. The Kier molecular flexibility index (Phi) is 5.78. The Bertz CT molecular complexity index is 557. The summed E-state index contributed by atoms with van der Waals surface area (Å²) in [5, 5.41) is 0. The van der Waals surface area contributed by atoms with Crippen molar-refractivity contribution in [3.05, 3.63) is 15.8 Å². The van der Waals surface area contributed by atoms with Gasteiger partial charge >= 0.3 is 5.97 Å². The number of hydrogen-bond acceptors (Lipinski definition) is 6. The van der Waals surface area contributed by atoms with Crippen molar-refractivity contribution in [1.82, 2.24) is 0 Å². The maximum absolute atomic E-state index is 12.0. The van der Waals surface area contributed by atoms with E-state index in [9.17, 15) is 9.59 Å². The van der Waals surface area contributed by atoms with Crippen LogP contribution >= 0.6 is 11.3 Å². The van der Waals surface area contributed by atoms with Gasteiger partial charge in [-0.1, -0.05) is 0 Å². The third-order valence-electron chi connectivity index (χ3n) is 4.45. The maximum atomic E-state index is 12.0. The van der Waals surface area contributed by atoms with Crippen molar-refractivity contribution in [3.63, 3.8) is 0 Å². The summed E-state index contributed by atoms with van der Waals surface area (Å²) >= 11 is 1.34. The van der Waals surface area contributed by atoms with Crippen molar-refractivity contribution in [1.29, 1.82) is 0 Å². The van der Waals surface area contributed by atoms with E-state index in [1.807, 2.05) is 13.0 Å². The number of amides is 1. The van der Waals surface area contributed by atoms with Crippen molar-refractivity contribution in [2.75, 3.05) is 26.2 Å². The Hall–Kier alpha value is -1.44. The minimum atomic E-state index is -0.569. The molecule has 7 heteroatoms. The quantitative estimate of drug-likeness (QED) is 0.452. The molecule has 6 nitrogen and oxygen atoms in total. The van der Waals surface area contributed by atoms with Gasteiger partial charge in [0.2, 0.25) is 6.41 Å². The van der Waals surface area contributed by atoms with Gasteiger partial charge in [0.1, 0.15) is 4.88 Å². The van der Waals surface area contributed by atoms with E-state index in [-0.39, 0.29) is 6.04 Å². The van der Waals surface area contributed by atoms with Crippen LogP contribution in [-0.2, 0) is 19.0 Å². The van der Waals surface area contributed by atoms with E-state index in [0.717, 1.165) is 24.1 Å². The number of aryl methyl sites for hydroxylation is 1. The minimum absolute atomic E-state index is 0.0170. The smallest absolute Gasteiger partial charge is 0.350 e. The lowest BCUT2D eigenvalue weighted by Gasteiger charge is -2.40. The van der Waals surface area contributed by atoms with Gasteiger partial charge < -0.3 is 19.1 Å². The predicted molar refractivity (Wildman–Crippen MR) is 87.9 cm³/mol. The summed E-state index contributed by atoms with van der Waals surface area (Å²) in [6.45, 7) is 1.91. The number of carbonyl (C=O) groups excluding carboxylic acids is 2. The molecule has 0 aliphatic heterocycles. The first kappa shape index (κ1) is 17.9. The topological polar surface area (TPSA) is 65.1 Å². The zero-order valence-electron chi connectivity index (χ0n) is 14.0. The largest absolute Gasteiger partial charge is 0.465 e. The number of carbonyl (C=O) groups is 2. The highest BCUT2D eigenvalue weighted by Crippen LogP contribution is 2.38. The van der Waals surface area contributed by atoms with Crippen LogP contribution in [0.2, 0.25) is 0 Å². The second-order valence-electron chi connectivity index (χ2n) is 5.63. The third-order valence-corrected chi connectivity index (χ3v) is 5.47. The van der Waals surface area contributed by atoms with Crippen LogP contribution < -0.4 is 4.90 Å². The Morgan fingerprint density at radius 1 is 1.30 bits per heavy atom. The summed E-state index contributed by atoms with van der Waals surface area (Å²) in [7, 11) is 4.62. The summed E-state index contributed by atoms with van der Waals surface area (Å²) in [5.74, 6) is -0.982. The molecule has 2 rings (SSSR count). The standard InChI is InChI=1S/C16H23NO5S/c1-11-9-13(14(23-11)15(19)20-2)17(10-18)12-5-7-16(21-3,22-4)8-6-12/h9-10,12H,5-8H2,1-4H3. The Morgan fingerprint density at radius 3 is 2.39 bits per heavy atom. The molecule has 0 spiro atoms. The average Bonchev–Trinajstić information content (AvgIpc) is 2.97. The van der Waals surface area contributed by atoms with Crippen LogP contribution in [0.15, 0.2) is 6.07 Å². The van der Waals surface area contributed by atoms with Crippen LogP contribution in [0.5, 0.6) is 0 Å². The first-order valence-electron chi connectivity index (χ1n) is 7.53. The normalized spacial score (nSPS) is 17.7. The van der Waals surface area contributed by atoms with E-state index in [4.69, 9.17) is 14.2 Å². The lowest BCUT2D eigenvalue weighted by atomic mass is 9.89. The Balaban J connectivity index is 2.22. The molecule has 1 amide bonds. The number of rotatable bonds is 6. The Morgan fingerprint density at radius 2 is 1.91 bits per heavy atom. The lowest BCUT2D eigenvalue weighted by molar-refractivity contribution is -0.224. The second kappa shape index (κ2) is 7.42. The number of hydrogen-bond donors (Lipinski definition) is 0. The zero-order valence-corrected chi connectivity index (χ0v) is 14.8. The highest BCUT2D eigenvalue weighted by molar-refractivity contribution is 7.14. The molecule has 23 heavy (non-hydrogen) atoms. The summed E-state index contributed by atoms with van der Waals surface area (Å²) in [4.78, 5) is 26.7. The van der Waals surface area contributed by atoms with Crippen LogP contribution in [0.4, 0.5) is 5.69 Å². The molecular weight excluding hydrogens is 318 g/mol. The molecule has 1 aromatic heterocycles. The summed E-state index contributed by atoms with van der Waals surface area (Å²) in [6, 6.07) is 1.88. The fraction of sp³-hybridized carbons (Fsp3) is 0.625. The molecule has 0 saturated heterocycles. The molecule has 1 saturated carbocycles. The van der Waals surface area contributed by atoms with Gasteiger partial charge in [-0.2, -0.15) is 0 Å². The molecular formula is C16H23NO5S. The average molecular weight is 341 g/mol. The van der Waals surface area contributed by atoms with Crippen LogP contribution in [-0.4, -0.2) is 45.5 Å². The first-order valence-corrected chi connectivity index (χ1v) is 8.34. The van der Waals surface area contributed by atoms with E-state index in [1.165, 1.54) is 18.4 Å². The molecule has 0 unspecified atom stereocenters. The molecule has 1 heterocycles. The van der Waals surface area contributed by atoms with Crippen LogP contribution in [0.25, 0.3) is 0 Å². The van der Waals surface area contributed by atoms with Gasteiger partial charge in [-0.15, -0.1) is 11.3 Å². The number of anilines is 1. The minimum Gasteiger partial charge on any atom is -0.465 e. The first-order chi connectivity index (χ1) is 11.0. The fourth-order valence-electron chi connectivity index (χ4n) is 3.08. The second-order valence-corrected chi connectivity index (χ2v) is 6.88. The van der Waals surface area contributed by atoms with Crippen LogP contribution in [0.1, 0.15) is 40.2 Å². The fourth-order valence-corrected chi connectivity index (χ4v) is 4.01. The van der Waals surface area contributed by atoms with Gasteiger partial charge in [-0.3, -0.25) is 4.79 Å². The Labute approximate surface area is 140 Å². The molecule has 0 radical (unpaired) electrons. The van der Waals surface area contributed by atoms with Gasteiger partial charge in [0.15, 0.2) is 5.79 Å². The molecule has 0 atom stereocenters. The highest BCUT2D eigenvalue weighted by Gasteiger charge is 2.38. The highest BCUT2D eigenvalue weighted by atomic mass is 32.1. The number of thiophene rings is 1. The summed E-state index contributed by atoms with van der Waals surface area (Å²) in [6.07, 6.45) is 3.69.